The molecule has 1 aromatic heterocycles. The minimum Gasteiger partial charge on any atom is -0.352 e. The van der Waals surface area contributed by atoms with Gasteiger partial charge in [-0.15, -0.1) is 0 Å². The highest BCUT2D eigenvalue weighted by Crippen LogP contribution is 2.19. The lowest BCUT2D eigenvalue weighted by Crippen LogP contribution is -2.63. The van der Waals surface area contributed by atoms with Crippen molar-refractivity contribution in [2.75, 3.05) is 13.1 Å². The number of carbonyl (C=O) groups excluding carboxylic acids is 2. The first-order valence-corrected chi connectivity index (χ1v) is 5.40. The van der Waals surface area contributed by atoms with Gasteiger partial charge in [-0.2, -0.15) is 0 Å². The van der Waals surface area contributed by atoms with Crippen molar-refractivity contribution in [3.05, 3.63) is 24.3 Å². The molecule has 2 heterocycles. The first kappa shape index (κ1) is 11.5. The lowest BCUT2D eigenvalue weighted by molar-refractivity contribution is -0.133. The zero-order valence-electron chi connectivity index (χ0n) is 9.80. The fourth-order valence-electron chi connectivity index (χ4n) is 1.80. The second-order valence-corrected chi connectivity index (χ2v) is 4.36. The van der Waals surface area contributed by atoms with E-state index in [9.17, 15) is 9.59 Å². The summed E-state index contributed by atoms with van der Waals surface area (Å²) in [5.41, 5.74) is -0.595. The average Bonchev–Trinajstić information content (AvgIpc) is 2.33. The van der Waals surface area contributed by atoms with Crippen molar-refractivity contribution >= 4 is 11.8 Å². The minimum atomic E-state index is -0.854. The summed E-state index contributed by atoms with van der Waals surface area (Å²) in [6.45, 7) is 4.38. The summed E-state index contributed by atoms with van der Waals surface area (Å²) in [5, 5.41) is 2.74. The Bertz CT molecular complexity index is 444. The summed E-state index contributed by atoms with van der Waals surface area (Å²) in [5.74, 6) is -0.418. The van der Waals surface area contributed by atoms with Crippen molar-refractivity contribution in [1.29, 1.82) is 0 Å². The van der Waals surface area contributed by atoms with Crippen molar-refractivity contribution in [1.82, 2.24) is 20.2 Å². The summed E-state index contributed by atoms with van der Waals surface area (Å²) in [6, 6.07) is 0. The van der Waals surface area contributed by atoms with E-state index >= 15 is 0 Å². The second-order valence-electron chi connectivity index (χ2n) is 4.36. The molecule has 1 fully saturated rings. The zero-order chi connectivity index (χ0) is 12.5. The Balaban J connectivity index is 2.28. The first-order chi connectivity index (χ1) is 8.03. The number of hydrogen-bond donors (Lipinski definition) is 1. The number of nitrogens with one attached hydrogen (secondary N) is 1. The lowest BCUT2D eigenvalue weighted by Gasteiger charge is -2.40. The van der Waals surface area contributed by atoms with Crippen LogP contribution in [0.1, 0.15) is 24.3 Å². The molecule has 90 valence electrons. The smallest absolute Gasteiger partial charge is 0.274 e. The number of aromatic nitrogens is 2. The van der Waals surface area contributed by atoms with Crippen LogP contribution in [0.25, 0.3) is 0 Å². The van der Waals surface area contributed by atoms with Gasteiger partial charge in [0.05, 0.1) is 6.20 Å². The van der Waals surface area contributed by atoms with E-state index in [0.717, 1.165) is 0 Å². The third-order valence-corrected chi connectivity index (χ3v) is 2.88. The molecule has 1 saturated heterocycles. The topological polar surface area (TPSA) is 75.2 Å². The number of nitrogens with zero attached hydrogens (tertiary/aromatic N) is 3. The number of rotatable bonds is 1. The molecule has 1 N–H and O–H groups in total. The number of piperazine rings is 1. The third-order valence-electron chi connectivity index (χ3n) is 2.88. The van der Waals surface area contributed by atoms with E-state index in [4.69, 9.17) is 0 Å². The van der Waals surface area contributed by atoms with Gasteiger partial charge in [0.25, 0.3) is 5.91 Å². The van der Waals surface area contributed by atoms with Crippen LogP contribution in [-0.4, -0.2) is 45.3 Å². The molecule has 1 aromatic rings. The molecule has 0 saturated carbocycles. The largest absolute Gasteiger partial charge is 0.352 e. The van der Waals surface area contributed by atoms with Gasteiger partial charge in [0.1, 0.15) is 11.2 Å². The highest BCUT2D eigenvalue weighted by Gasteiger charge is 2.41. The summed E-state index contributed by atoms with van der Waals surface area (Å²) in [7, 11) is 0. The molecule has 0 aromatic carbocycles. The van der Waals surface area contributed by atoms with Gasteiger partial charge in [-0.25, -0.2) is 4.98 Å². The molecular weight excluding hydrogens is 220 g/mol. The van der Waals surface area contributed by atoms with Crippen LogP contribution in [0.5, 0.6) is 0 Å². The van der Waals surface area contributed by atoms with Crippen LogP contribution in [-0.2, 0) is 4.79 Å². The molecule has 0 unspecified atom stereocenters. The van der Waals surface area contributed by atoms with E-state index in [2.05, 4.69) is 15.3 Å². The Morgan fingerprint density at radius 3 is 2.88 bits per heavy atom. The standard InChI is InChI=1S/C11H14N4O2/c1-11(2)10(17)14-5-6-15(11)9(16)8-7-12-3-4-13-8/h3-4,7H,5-6H2,1-2H3,(H,14,17). The average molecular weight is 234 g/mol. The quantitative estimate of drug-likeness (QED) is 0.732. The number of hydrogen-bond acceptors (Lipinski definition) is 4. The molecular formula is C11H14N4O2. The fourth-order valence-corrected chi connectivity index (χ4v) is 1.80. The van der Waals surface area contributed by atoms with Crippen molar-refractivity contribution in [3.63, 3.8) is 0 Å². The summed E-state index contributed by atoms with van der Waals surface area (Å²) in [4.78, 5) is 33.3. The molecule has 0 bridgehead atoms. The predicted octanol–water partition coefficient (Wildman–Crippen LogP) is -0.173. The van der Waals surface area contributed by atoms with E-state index in [0.29, 0.717) is 13.1 Å². The molecule has 2 rings (SSSR count). The molecule has 0 radical (unpaired) electrons. The van der Waals surface area contributed by atoms with Crippen LogP contribution in [0.2, 0.25) is 0 Å². The molecule has 1 aliphatic heterocycles. The minimum absolute atomic E-state index is 0.152. The molecule has 6 nitrogen and oxygen atoms in total. The van der Waals surface area contributed by atoms with Gasteiger partial charge in [-0.1, -0.05) is 0 Å². The van der Waals surface area contributed by atoms with E-state index in [1.807, 2.05) is 0 Å². The molecule has 0 spiro atoms. The van der Waals surface area contributed by atoms with Crippen LogP contribution in [0.4, 0.5) is 0 Å². The number of carbonyl (C=O) groups is 2. The van der Waals surface area contributed by atoms with E-state index in [-0.39, 0.29) is 17.5 Å². The van der Waals surface area contributed by atoms with Crippen LogP contribution < -0.4 is 5.32 Å². The second kappa shape index (κ2) is 4.12. The van der Waals surface area contributed by atoms with Gasteiger partial charge in [0.15, 0.2) is 0 Å². The first-order valence-electron chi connectivity index (χ1n) is 5.40. The SMILES string of the molecule is CC1(C)C(=O)NCCN1C(=O)c1cnccn1. The van der Waals surface area contributed by atoms with E-state index in [1.54, 1.807) is 13.8 Å². The van der Waals surface area contributed by atoms with Crippen molar-refractivity contribution in [2.24, 2.45) is 0 Å². The number of amides is 2. The van der Waals surface area contributed by atoms with Gasteiger partial charge in [0, 0.05) is 25.5 Å². The lowest BCUT2D eigenvalue weighted by atomic mass is 9.98. The summed E-state index contributed by atoms with van der Waals surface area (Å²) >= 11 is 0. The van der Waals surface area contributed by atoms with Crippen LogP contribution >= 0.6 is 0 Å². The van der Waals surface area contributed by atoms with E-state index < -0.39 is 5.54 Å². The normalized spacial score (nSPS) is 18.7. The highest BCUT2D eigenvalue weighted by atomic mass is 16.2. The fraction of sp³-hybridized carbons (Fsp3) is 0.455. The molecule has 1 aliphatic rings. The van der Waals surface area contributed by atoms with Crippen LogP contribution in [0, 0.1) is 0 Å². The third kappa shape index (κ3) is 1.98. The van der Waals surface area contributed by atoms with Crippen molar-refractivity contribution in [2.45, 2.75) is 19.4 Å². The maximum Gasteiger partial charge on any atom is 0.274 e. The van der Waals surface area contributed by atoms with Gasteiger partial charge in [-0.05, 0) is 13.8 Å². The molecule has 17 heavy (non-hydrogen) atoms. The molecule has 0 aliphatic carbocycles. The highest BCUT2D eigenvalue weighted by molar-refractivity contribution is 5.98. The Hall–Kier alpha value is -1.98. The monoisotopic (exact) mass is 234 g/mol. The van der Waals surface area contributed by atoms with Crippen LogP contribution in [0.15, 0.2) is 18.6 Å². The van der Waals surface area contributed by atoms with Gasteiger partial charge < -0.3 is 10.2 Å². The Labute approximate surface area is 99.1 Å². The maximum absolute atomic E-state index is 12.2. The Morgan fingerprint density at radius 2 is 2.24 bits per heavy atom. The van der Waals surface area contributed by atoms with Gasteiger partial charge in [0.2, 0.25) is 5.91 Å². The van der Waals surface area contributed by atoms with Gasteiger partial charge >= 0.3 is 0 Å². The molecule has 2 amide bonds. The van der Waals surface area contributed by atoms with Gasteiger partial charge in [-0.3, -0.25) is 14.6 Å². The van der Waals surface area contributed by atoms with Crippen molar-refractivity contribution in [3.8, 4) is 0 Å². The molecule has 6 heteroatoms. The Morgan fingerprint density at radius 1 is 1.47 bits per heavy atom. The molecule has 0 atom stereocenters. The predicted molar refractivity (Wildman–Crippen MR) is 60.2 cm³/mol. The zero-order valence-corrected chi connectivity index (χ0v) is 9.80. The van der Waals surface area contributed by atoms with Crippen molar-refractivity contribution < 1.29 is 9.59 Å². The van der Waals surface area contributed by atoms with E-state index in [1.165, 1.54) is 23.5 Å². The summed E-state index contributed by atoms with van der Waals surface area (Å²) in [6.07, 6.45) is 4.38. The Kier molecular flexibility index (Phi) is 2.79. The van der Waals surface area contributed by atoms with Crippen LogP contribution in [0.3, 0.4) is 0 Å². The maximum atomic E-state index is 12.2. The summed E-state index contributed by atoms with van der Waals surface area (Å²) < 4.78 is 0.